The first-order chi connectivity index (χ1) is 14.6. The van der Waals surface area contributed by atoms with Gasteiger partial charge >= 0.3 is 5.97 Å². The molecule has 0 amide bonds. The van der Waals surface area contributed by atoms with Crippen LogP contribution in [0.5, 0.6) is 17.2 Å². The van der Waals surface area contributed by atoms with Crippen molar-refractivity contribution in [3.8, 4) is 23.3 Å². The second kappa shape index (κ2) is 9.99. The summed E-state index contributed by atoms with van der Waals surface area (Å²) in [4.78, 5) is 14.3. The van der Waals surface area contributed by atoms with Gasteiger partial charge in [-0.05, 0) is 47.9 Å². The smallest absolute Gasteiger partial charge is 0.307 e. The molecule has 0 bridgehead atoms. The molecule has 1 unspecified atom stereocenters. The molecule has 0 N–H and O–H groups in total. The molecule has 7 heteroatoms. The molecular formula is C23H26N2O5. The molecule has 1 heterocycles. The van der Waals surface area contributed by atoms with Crippen molar-refractivity contribution in [2.45, 2.75) is 18.9 Å². The number of nitrogens with zero attached hydrogens (tertiary/aromatic N) is 2. The van der Waals surface area contributed by atoms with Gasteiger partial charge in [0.25, 0.3) is 0 Å². The fourth-order valence-corrected chi connectivity index (χ4v) is 3.76. The summed E-state index contributed by atoms with van der Waals surface area (Å²) < 4.78 is 21.7. The molecule has 0 radical (unpaired) electrons. The van der Waals surface area contributed by atoms with Crippen molar-refractivity contribution < 1.29 is 23.7 Å². The van der Waals surface area contributed by atoms with E-state index in [1.54, 1.807) is 32.4 Å². The van der Waals surface area contributed by atoms with E-state index in [0.29, 0.717) is 36.0 Å². The van der Waals surface area contributed by atoms with Crippen LogP contribution >= 0.6 is 0 Å². The monoisotopic (exact) mass is 410 g/mol. The number of ether oxygens (including phenoxy) is 4. The highest BCUT2D eigenvalue weighted by Crippen LogP contribution is 2.39. The van der Waals surface area contributed by atoms with E-state index in [2.05, 4.69) is 11.0 Å². The molecule has 0 fully saturated rings. The number of nitriles is 1. The van der Waals surface area contributed by atoms with E-state index >= 15 is 0 Å². The maximum atomic E-state index is 12.1. The van der Waals surface area contributed by atoms with Crippen molar-refractivity contribution in [3.05, 3.63) is 53.1 Å². The van der Waals surface area contributed by atoms with Gasteiger partial charge in [0.15, 0.2) is 11.5 Å². The molecule has 2 aromatic rings. The van der Waals surface area contributed by atoms with E-state index in [1.165, 1.54) is 7.11 Å². The summed E-state index contributed by atoms with van der Waals surface area (Å²) in [6.45, 7) is 1.85. The number of fused-ring (bicyclic) bond motifs is 1. The number of hydrogen-bond acceptors (Lipinski definition) is 7. The van der Waals surface area contributed by atoms with Crippen LogP contribution in [-0.4, -0.2) is 51.9 Å². The highest BCUT2D eigenvalue weighted by molar-refractivity contribution is 5.70. The van der Waals surface area contributed by atoms with Gasteiger partial charge in [0.2, 0.25) is 0 Å². The van der Waals surface area contributed by atoms with Crippen LogP contribution in [0.4, 0.5) is 0 Å². The molecule has 30 heavy (non-hydrogen) atoms. The SMILES string of the molecule is COC(=O)CC1c2cc(OC)c(OC)cc2CCN1CCOc1cccc(C#N)c1. The van der Waals surface area contributed by atoms with E-state index in [4.69, 9.17) is 24.2 Å². The van der Waals surface area contributed by atoms with E-state index in [1.807, 2.05) is 18.2 Å². The molecule has 3 rings (SSSR count). The zero-order chi connectivity index (χ0) is 21.5. The minimum atomic E-state index is -0.268. The van der Waals surface area contributed by atoms with E-state index in [9.17, 15) is 4.79 Å². The minimum Gasteiger partial charge on any atom is -0.493 e. The van der Waals surface area contributed by atoms with E-state index < -0.39 is 0 Å². The molecule has 0 spiro atoms. The fraction of sp³-hybridized carbons (Fsp3) is 0.391. The highest BCUT2D eigenvalue weighted by atomic mass is 16.5. The van der Waals surface area contributed by atoms with Gasteiger partial charge in [-0.1, -0.05) is 6.07 Å². The topological polar surface area (TPSA) is 81.0 Å². The number of benzene rings is 2. The Bertz CT molecular complexity index is 938. The van der Waals surface area contributed by atoms with Crippen LogP contribution in [0.25, 0.3) is 0 Å². The summed E-state index contributed by atoms with van der Waals surface area (Å²) in [5.74, 6) is 1.71. The normalized spacial score (nSPS) is 15.6. The second-order valence-electron chi connectivity index (χ2n) is 6.98. The van der Waals surface area contributed by atoms with Crippen LogP contribution in [0, 0.1) is 11.3 Å². The van der Waals surface area contributed by atoms with Crippen molar-refractivity contribution in [3.63, 3.8) is 0 Å². The van der Waals surface area contributed by atoms with Crippen molar-refractivity contribution >= 4 is 5.97 Å². The molecular weight excluding hydrogens is 384 g/mol. The standard InChI is InChI=1S/C23H26N2O5/c1-27-21-12-17-7-8-25(9-10-30-18-6-4-5-16(11-18)15-24)20(14-23(26)29-3)19(17)13-22(21)28-2/h4-6,11-13,20H,7-10,14H2,1-3H3. The van der Waals surface area contributed by atoms with Crippen LogP contribution in [0.1, 0.15) is 29.2 Å². The Morgan fingerprint density at radius 1 is 1.17 bits per heavy atom. The number of methoxy groups -OCH3 is 3. The summed E-state index contributed by atoms with van der Waals surface area (Å²) in [7, 11) is 4.61. The Hall–Kier alpha value is -3.24. The molecule has 1 aliphatic rings. The van der Waals surface area contributed by atoms with Gasteiger partial charge in [-0.25, -0.2) is 0 Å². The second-order valence-corrected chi connectivity index (χ2v) is 6.98. The number of rotatable bonds is 8. The van der Waals surface area contributed by atoms with Gasteiger partial charge < -0.3 is 18.9 Å². The first-order valence-corrected chi connectivity index (χ1v) is 9.78. The zero-order valence-electron chi connectivity index (χ0n) is 17.5. The summed E-state index contributed by atoms with van der Waals surface area (Å²) in [5.41, 5.74) is 2.74. The lowest BCUT2D eigenvalue weighted by molar-refractivity contribution is -0.142. The Morgan fingerprint density at radius 2 is 1.93 bits per heavy atom. The molecule has 1 aliphatic heterocycles. The van der Waals surface area contributed by atoms with Crippen LogP contribution < -0.4 is 14.2 Å². The summed E-state index contributed by atoms with van der Waals surface area (Å²) in [6, 6.07) is 13.0. The van der Waals surface area contributed by atoms with Gasteiger partial charge in [0, 0.05) is 19.1 Å². The van der Waals surface area contributed by atoms with Crippen molar-refractivity contribution in [2.75, 3.05) is 41.0 Å². The molecule has 0 aliphatic carbocycles. The third kappa shape index (κ3) is 4.84. The number of carbonyl (C=O) groups excluding carboxylic acids is 1. The van der Waals surface area contributed by atoms with Crippen molar-refractivity contribution in [1.82, 2.24) is 4.90 Å². The molecule has 158 valence electrons. The molecule has 0 saturated carbocycles. The summed E-state index contributed by atoms with van der Waals surface area (Å²) in [5, 5.41) is 9.03. The molecule has 1 atom stereocenters. The summed E-state index contributed by atoms with van der Waals surface area (Å²) in [6.07, 6.45) is 1.07. The largest absolute Gasteiger partial charge is 0.493 e. The predicted molar refractivity (Wildman–Crippen MR) is 111 cm³/mol. The zero-order valence-corrected chi connectivity index (χ0v) is 17.5. The molecule has 2 aromatic carbocycles. The van der Waals surface area contributed by atoms with E-state index in [0.717, 1.165) is 24.1 Å². The lowest BCUT2D eigenvalue weighted by Crippen LogP contribution is -2.39. The molecule has 7 nitrogen and oxygen atoms in total. The van der Waals surface area contributed by atoms with Crippen LogP contribution in [0.3, 0.4) is 0 Å². The third-order valence-corrected chi connectivity index (χ3v) is 5.31. The Morgan fingerprint density at radius 3 is 2.63 bits per heavy atom. The van der Waals surface area contributed by atoms with Crippen LogP contribution in [-0.2, 0) is 16.0 Å². The minimum absolute atomic E-state index is 0.143. The third-order valence-electron chi connectivity index (χ3n) is 5.31. The van der Waals surface area contributed by atoms with Crippen molar-refractivity contribution in [1.29, 1.82) is 5.26 Å². The predicted octanol–water partition coefficient (Wildman–Crippen LogP) is 3.12. The van der Waals surface area contributed by atoms with Gasteiger partial charge in [-0.2, -0.15) is 5.26 Å². The summed E-state index contributed by atoms with van der Waals surface area (Å²) >= 11 is 0. The van der Waals surface area contributed by atoms with Crippen LogP contribution in [0.2, 0.25) is 0 Å². The Balaban J connectivity index is 1.78. The van der Waals surface area contributed by atoms with E-state index in [-0.39, 0.29) is 18.4 Å². The number of esters is 1. The number of hydrogen-bond donors (Lipinski definition) is 0. The lowest BCUT2D eigenvalue weighted by atomic mass is 9.90. The first-order valence-electron chi connectivity index (χ1n) is 9.78. The molecule has 0 aromatic heterocycles. The highest BCUT2D eigenvalue weighted by Gasteiger charge is 2.31. The van der Waals surface area contributed by atoms with Crippen LogP contribution in [0.15, 0.2) is 36.4 Å². The van der Waals surface area contributed by atoms with Crippen molar-refractivity contribution in [2.24, 2.45) is 0 Å². The maximum Gasteiger partial charge on any atom is 0.307 e. The first kappa shape index (κ1) is 21.5. The lowest BCUT2D eigenvalue weighted by Gasteiger charge is -2.37. The van der Waals surface area contributed by atoms with Gasteiger partial charge in [-0.15, -0.1) is 0 Å². The Labute approximate surface area is 176 Å². The Kier molecular flexibility index (Phi) is 7.15. The average molecular weight is 410 g/mol. The van der Waals surface area contributed by atoms with Gasteiger partial charge in [-0.3, -0.25) is 9.69 Å². The van der Waals surface area contributed by atoms with Gasteiger partial charge in [0.05, 0.1) is 39.4 Å². The fourth-order valence-electron chi connectivity index (χ4n) is 3.76. The number of carbonyl (C=O) groups is 1. The molecule has 0 saturated heterocycles. The quantitative estimate of drug-likeness (QED) is 0.619. The average Bonchev–Trinajstić information content (AvgIpc) is 2.79. The maximum absolute atomic E-state index is 12.1. The van der Waals surface area contributed by atoms with Gasteiger partial charge in [0.1, 0.15) is 12.4 Å².